The molecule has 1 saturated carbocycles. The van der Waals surface area contributed by atoms with E-state index >= 15 is 0 Å². The van der Waals surface area contributed by atoms with Crippen LogP contribution < -0.4 is 10.9 Å². The van der Waals surface area contributed by atoms with Crippen LogP contribution in [0.5, 0.6) is 0 Å². The zero-order valence-electron chi connectivity index (χ0n) is 18.5. The van der Waals surface area contributed by atoms with Gasteiger partial charge in [-0.15, -0.1) is 0 Å². The van der Waals surface area contributed by atoms with Gasteiger partial charge in [0.25, 0.3) is 0 Å². The standard InChI is InChI=1S/C25H30N2O5/c1-16-2-5-20-18(14-23(29)31-21(20)12-16)13-22(28)26-15-19-6-7-25(32-19)8-10-27(11-9-25)24(30)17-3-4-17/h2,5,12,14,17,19H,3-4,6-11,13,15H2,1H3,(H,26,28). The van der Waals surface area contributed by atoms with Gasteiger partial charge in [0, 0.05) is 37.0 Å². The van der Waals surface area contributed by atoms with Crippen LogP contribution in [0.15, 0.2) is 33.5 Å². The lowest BCUT2D eigenvalue weighted by Crippen LogP contribution is -2.47. The Morgan fingerprint density at radius 1 is 1.12 bits per heavy atom. The van der Waals surface area contributed by atoms with Crippen LogP contribution in [0.3, 0.4) is 0 Å². The molecule has 1 aliphatic carbocycles. The van der Waals surface area contributed by atoms with Gasteiger partial charge in [-0.05, 0) is 62.6 Å². The summed E-state index contributed by atoms with van der Waals surface area (Å²) in [5.41, 5.74) is 1.58. The van der Waals surface area contributed by atoms with E-state index in [1.165, 1.54) is 6.07 Å². The topological polar surface area (TPSA) is 88.9 Å². The zero-order valence-corrected chi connectivity index (χ0v) is 18.5. The Bertz CT molecular complexity index is 1100. The number of fused-ring (bicyclic) bond motifs is 1. The van der Waals surface area contributed by atoms with Crippen LogP contribution in [0.25, 0.3) is 11.0 Å². The smallest absolute Gasteiger partial charge is 0.336 e. The predicted molar refractivity (Wildman–Crippen MR) is 119 cm³/mol. The summed E-state index contributed by atoms with van der Waals surface area (Å²) in [5.74, 6) is 0.458. The molecule has 7 nitrogen and oxygen atoms in total. The quantitative estimate of drug-likeness (QED) is 0.725. The predicted octanol–water partition coefficient (Wildman–Crippen LogP) is 2.71. The highest BCUT2D eigenvalue weighted by Gasteiger charge is 2.44. The molecule has 32 heavy (non-hydrogen) atoms. The third kappa shape index (κ3) is 4.44. The van der Waals surface area contributed by atoms with E-state index in [1.807, 2.05) is 30.0 Å². The number of piperidine rings is 1. The van der Waals surface area contributed by atoms with E-state index in [2.05, 4.69) is 5.32 Å². The minimum absolute atomic E-state index is 0.00938. The first-order valence-corrected chi connectivity index (χ1v) is 11.7. The van der Waals surface area contributed by atoms with Gasteiger partial charge in [-0.3, -0.25) is 9.59 Å². The molecule has 170 valence electrons. The molecule has 3 fully saturated rings. The minimum atomic E-state index is -0.446. The lowest BCUT2D eigenvalue weighted by molar-refractivity contribution is -0.139. The molecule has 3 heterocycles. The Balaban J connectivity index is 1.14. The Morgan fingerprint density at radius 3 is 2.66 bits per heavy atom. The molecule has 1 N–H and O–H groups in total. The number of hydrogen-bond donors (Lipinski definition) is 1. The van der Waals surface area contributed by atoms with Crippen molar-refractivity contribution in [1.82, 2.24) is 10.2 Å². The van der Waals surface area contributed by atoms with Gasteiger partial charge in [-0.1, -0.05) is 12.1 Å². The molecule has 0 bridgehead atoms. The van der Waals surface area contributed by atoms with E-state index in [4.69, 9.17) is 9.15 Å². The SMILES string of the molecule is Cc1ccc2c(CC(=O)NCC3CCC4(CCN(C(=O)C5CC5)CC4)O3)cc(=O)oc2c1. The average Bonchev–Trinajstić information content (AvgIpc) is 3.54. The van der Waals surface area contributed by atoms with E-state index in [1.54, 1.807) is 0 Å². The molecule has 1 atom stereocenters. The van der Waals surface area contributed by atoms with Gasteiger partial charge in [0.1, 0.15) is 5.58 Å². The summed E-state index contributed by atoms with van der Waals surface area (Å²) in [7, 11) is 0. The number of amides is 2. The van der Waals surface area contributed by atoms with Gasteiger partial charge in [0.15, 0.2) is 0 Å². The highest BCUT2D eigenvalue weighted by atomic mass is 16.5. The molecule has 1 aromatic heterocycles. The lowest BCUT2D eigenvalue weighted by Gasteiger charge is -2.39. The Kier molecular flexibility index (Phi) is 5.53. The summed E-state index contributed by atoms with van der Waals surface area (Å²) in [6.07, 6.45) is 5.84. The fourth-order valence-corrected chi connectivity index (χ4v) is 5.08. The van der Waals surface area contributed by atoms with Gasteiger partial charge in [-0.25, -0.2) is 4.79 Å². The zero-order chi connectivity index (χ0) is 22.3. The van der Waals surface area contributed by atoms with Gasteiger partial charge < -0.3 is 19.4 Å². The second kappa shape index (κ2) is 8.35. The molecule has 1 spiro atoms. The molecular weight excluding hydrogens is 408 g/mol. The summed E-state index contributed by atoms with van der Waals surface area (Å²) < 4.78 is 11.7. The van der Waals surface area contributed by atoms with Crippen molar-refractivity contribution in [3.8, 4) is 0 Å². The molecular formula is C25H30N2O5. The van der Waals surface area contributed by atoms with Crippen LogP contribution >= 0.6 is 0 Å². The Morgan fingerprint density at radius 2 is 1.91 bits per heavy atom. The van der Waals surface area contributed by atoms with E-state index in [0.717, 1.165) is 62.6 Å². The van der Waals surface area contributed by atoms with Crippen LogP contribution in [0.1, 0.15) is 49.7 Å². The summed E-state index contributed by atoms with van der Waals surface area (Å²) in [5, 5.41) is 3.77. The number of nitrogens with one attached hydrogen (secondary N) is 1. The molecule has 2 aromatic rings. The van der Waals surface area contributed by atoms with E-state index < -0.39 is 5.63 Å². The number of nitrogens with zero attached hydrogens (tertiary/aromatic N) is 1. The fraction of sp³-hybridized carbons (Fsp3) is 0.560. The Labute approximate surface area is 187 Å². The minimum Gasteiger partial charge on any atom is -0.423 e. The molecule has 0 radical (unpaired) electrons. The van der Waals surface area contributed by atoms with Gasteiger partial charge in [0.05, 0.1) is 18.1 Å². The van der Waals surface area contributed by atoms with Crippen molar-refractivity contribution in [2.24, 2.45) is 5.92 Å². The second-order valence-corrected chi connectivity index (χ2v) is 9.63. The summed E-state index contributed by atoms with van der Waals surface area (Å²) in [4.78, 5) is 38.8. The van der Waals surface area contributed by atoms with Crippen molar-refractivity contribution >= 4 is 22.8 Å². The van der Waals surface area contributed by atoms with Crippen LogP contribution in [0.2, 0.25) is 0 Å². The number of hydrogen-bond acceptors (Lipinski definition) is 5. The van der Waals surface area contributed by atoms with Crippen molar-refractivity contribution in [2.75, 3.05) is 19.6 Å². The number of benzene rings is 1. The van der Waals surface area contributed by atoms with Crippen LogP contribution in [0.4, 0.5) is 0 Å². The first-order chi connectivity index (χ1) is 15.4. The highest BCUT2D eigenvalue weighted by molar-refractivity contribution is 5.87. The average molecular weight is 439 g/mol. The first kappa shape index (κ1) is 21.2. The highest BCUT2D eigenvalue weighted by Crippen LogP contribution is 2.40. The van der Waals surface area contributed by atoms with E-state index in [9.17, 15) is 14.4 Å². The largest absolute Gasteiger partial charge is 0.423 e. The van der Waals surface area contributed by atoms with Crippen molar-refractivity contribution in [2.45, 2.75) is 63.6 Å². The molecule has 5 rings (SSSR count). The number of carbonyl (C=O) groups excluding carboxylic acids is 2. The monoisotopic (exact) mass is 438 g/mol. The van der Waals surface area contributed by atoms with Crippen molar-refractivity contribution < 1.29 is 18.7 Å². The van der Waals surface area contributed by atoms with Crippen molar-refractivity contribution in [1.29, 1.82) is 0 Å². The molecule has 1 aromatic carbocycles. The third-order valence-electron chi connectivity index (χ3n) is 7.12. The van der Waals surface area contributed by atoms with Gasteiger partial charge in [-0.2, -0.15) is 0 Å². The molecule has 1 unspecified atom stereocenters. The van der Waals surface area contributed by atoms with Crippen LogP contribution in [-0.2, 0) is 20.7 Å². The molecule has 7 heteroatoms. The Hall–Kier alpha value is -2.67. The maximum atomic E-state index is 12.6. The third-order valence-corrected chi connectivity index (χ3v) is 7.12. The first-order valence-electron chi connectivity index (χ1n) is 11.7. The molecule has 2 saturated heterocycles. The maximum absolute atomic E-state index is 12.6. The maximum Gasteiger partial charge on any atom is 0.336 e. The number of likely N-dealkylation sites (tertiary alicyclic amines) is 1. The summed E-state index contributed by atoms with van der Waals surface area (Å²) in [6.45, 7) is 3.95. The molecule has 2 amide bonds. The normalized spacial score (nSPS) is 22.4. The number of aryl methyl sites for hydroxylation is 1. The van der Waals surface area contributed by atoms with Crippen molar-refractivity contribution in [3.05, 3.63) is 45.8 Å². The number of carbonyl (C=O) groups is 2. The van der Waals surface area contributed by atoms with E-state index in [0.29, 0.717) is 23.6 Å². The van der Waals surface area contributed by atoms with Crippen LogP contribution in [-0.4, -0.2) is 48.1 Å². The van der Waals surface area contributed by atoms with Gasteiger partial charge in [0.2, 0.25) is 11.8 Å². The fourth-order valence-electron chi connectivity index (χ4n) is 5.08. The second-order valence-electron chi connectivity index (χ2n) is 9.63. The lowest BCUT2D eigenvalue weighted by atomic mass is 9.88. The molecule has 2 aliphatic heterocycles. The van der Waals surface area contributed by atoms with E-state index in [-0.39, 0.29) is 30.0 Å². The summed E-state index contributed by atoms with van der Waals surface area (Å²) >= 11 is 0. The number of rotatable bonds is 5. The summed E-state index contributed by atoms with van der Waals surface area (Å²) in [6, 6.07) is 7.04. The number of ether oxygens (including phenoxy) is 1. The van der Waals surface area contributed by atoms with Crippen LogP contribution in [0, 0.1) is 12.8 Å². The van der Waals surface area contributed by atoms with Crippen molar-refractivity contribution in [3.63, 3.8) is 0 Å². The molecule has 3 aliphatic rings. The van der Waals surface area contributed by atoms with Gasteiger partial charge >= 0.3 is 5.63 Å².